The van der Waals surface area contributed by atoms with Crippen LogP contribution in [0.1, 0.15) is 18.4 Å². The Labute approximate surface area is 177 Å². The fourth-order valence-electron chi connectivity index (χ4n) is 3.86. The van der Waals surface area contributed by atoms with E-state index in [1.165, 1.54) is 24.9 Å². The molecule has 8 heteroatoms. The topological polar surface area (TPSA) is 67.4 Å². The van der Waals surface area contributed by atoms with E-state index in [0.717, 1.165) is 50.1 Å². The molecule has 3 aliphatic rings. The summed E-state index contributed by atoms with van der Waals surface area (Å²) in [4.78, 5) is 6.87. The molecule has 0 bridgehead atoms. The summed E-state index contributed by atoms with van der Waals surface area (Å²) < 4.78 is 16.8. The van der Waals surface area contributed by atoms with E-state index in [-0.39, 0.29) is 30.1 Å². The molecule has 7 nitrogen and oxygen atoms in total. The Kier molecular flexibility index (Phi) is 7.42. The van der Waals surface area contributed by atoms with Crippen LogP contribution in [0.4, 0.5) is 0 Å². The van der Waals surface area contributed by atoms with E-state index < -0.39 is 0 Å². The number of hydrogen-bond donors (Lipinski definition) is 2. The lowest BCUT2D eigenvalue weighted by atomic mass is 10.1. The molecule has 27 heavy (non-hydrogen) atoms. The van der Waals surface area contributed by atoms with Gasteiger partial charge in [-0.1, -0.05) is 6.07 Å². The molecule has 2 unspecified atom stereocenters. The first-order valence-electron chi connectivity index (χ1n) is 9.50. The molecule has 150 valence electrons. The Morgan fingerprint density at radius 1 is 1.26 bits per heavy atom. The lowest BCUT2D eigenvalue weighted by Gasteiger charge is -2.35. The van der Waals surface area contributed by atoms with E-state index in [2.05, 4.69) is 26.6 Å². The first-order valence-corrected chi connectivity index (χ1v) is 9.50. The first kappa shape index (κ1) is 20.5. The molecular formula is C19H29IN4O3. The third kappa shape index (κ3) is 5.17. The van der Waals surface area contributed by atoms with Gasteiger partial charge in [-0.2, -0.15) is 0 Å². The molecule has 4 rings (SSSR count). The van der Waals surface area contributed by atoms with Crippen molar-refractivity contribution in [3.63, 3.8) is 0 Å². The number of halogens is 1. The highest BCUT2D eigenvalue weighted by atomic mass is 127. The third-order valence-electron chi connectivity index (χ3n) is 5.33. The monoisotopic (exact) mass is 488 g/mol. The molecule has 3 aliphatic heterocycles. The van der Waals surface area contributed by atoms with E-state index >= 15 is 0 Å². The van der Waals surface area contributed by atoms with Crippen LogP contribution >= 0.6 is 24.0 Å². The van der Waals surface area contributed by atoms with E-state index in [0.29, 0.717) is 12.8 Å². The molecule has 3 heterocycles. The van der Waals surface area contributed by atoms with Crippen molar-refractivity contribution < 1.29 is 14.2 Å². The van der Waals surface area contributed by atoms with Crippen molar-refractivity contribution in [3.05, 3.63) is 23.8 Å². The second-order valence-electron chi connectivity index (χ2n) is 7.06. The molecule has 2 saturated heterocycles. The van der Waals surface area contributed by atoms with Crippen LogP contribution in [0.3, 0.4) is 0 Å². The molecule has 1 aromatic carbocycles. The van der Waals surface area contributed by atoms with Gasteiger partial charge in [-0.3, -0.25) is 9.89 Å². The van der Waals surface area contributed by atoms with Crippen LogP contribution in [-0.2, 0) is 11.2 Å². The standard InChI is InChI=1S/C19H28N4O3.HI/c1-20-19(22-10-16-11-23-8-2-3-15(23)12-24-16)21-7-6-14-4-5-17-18(9-14)26-13-25-17;/h4-5,9,15-16H,2-3,6-8,10-13H2,1H3,(H2,20,21,22);1H. The molecular weight excluding hydrogens is 459 g/mol. The second kappa shape index (κ2) is 9.79. The second-order valence-corrected chi connectivity index (χ2v) is 7.06. The molecule has 2 fully saturated rings. The number of ether oxygens (including phenoxy) is 3. The van der Waals surface area contributed by atoms with Gasteiger partial charge in [0.15, 0.2) is 17.5 Å². The van der Waals surface area contributed by atoms with Crippen LogP contribution in [0.25, 0.3) is 0 Å². The number of benzene rings is 1. The Hall–Kier alpha value is -1.26. The molecule has 0 radical (unpaired) electrons. The molecule has 2 atom stereocenters. The summed E-state index contributed by atoms with van der Waals surface area (Å²) in [7, 11) is 1.80. The van der Waals surface area contributed by atoms with Crippen LogP contribution in [0.5, 0.6) is 11.5 Å². The first-order chi connectivity index (χ1) is 12.8. The minimum Gasteiger partial charge on any atom is -0.454 e. The zero-order valence-corrected chi connectivity index (χ0v) is 18.1. The van der Waals surface area contributed by atoms with Gasteiger partial charge in [0, 0.05) is 32.7 Å². The van der Waals surface area contributed by atoms with E-state index in [4.69, 9.17) is 14.2 Å². The van der Waals surface area contributed by atoms with Crippen molar-refractivity contribution in [2.45, 2.75) is 31.4 Å². The maximum absolute atomic E-state index is 5.99. The maximum atomic E-state index is 5.99. The highest BCUT2D eigenvalue weighted by Gasteiger charge is 2.32. The number of nitrogens with one attached hydrogen (secondary N) is 2. The van der Waals surface area contributed by atoms with E-state index in [1.807, 2.05) is 12.1 Å². The van der Waals surface area contributed by atoms with Gasteiger partial charge in [-0.25, -0.2) is 0 Å². The highest BCUT2D eigenvalue weighted by molar-refractivity contribution is 14.0. The molecule has 0 spiro atoms. The smallest absolute Gasteiger partial charge is 0.231 e. The van der Waals surface area contributed by atoms with E-state index in [1.54, 1.807) is 7.05 Å². The summed E-state index contributed by atoms with van der Waals surface area (Å²) in [5, 5.41) is 6.76. The number of hydrogen-bond acceptors (Lipinski definition) is 5. The zero-order valence-electron chi connectivity index (χ0n) is 15.8. The Bertz CT molecular complexity index is 658. The average Bonchev–Trinajstić information content (AvgIpc) is 3.32. The summed E-state index contributed by atoms with van der Waals surface area (Å²) in [6, 6.07) is 6.73. The summed E-state index contributed by atoms with van der Waals surface area (Å²) >= 11 is 0. The fourth-order valence-corrected chi connectivity index (χ4v) is 3.86. The molecule has 0 aromatic heterocycles. The van der Waals surface area contributed by atoms with Crippen molar-refractivity contribution in [2.75, 3.05) is 46.6 Å². The van der Waals surface area contributed by atoms with Crippen LogP contribution in [0.15, 0.2) is 23.2 Å². The van der Waals surface area contributed by atoms with Gasteiger partial charge in [0.05, 0.1) is 12.7 Å². The van der Waals surface area contributed by atoms with Gasteiger partial charge >= 0.3 is 0 Å². The van der Waals surface area contributed by atoms with Crippen LogP contribution in [-0.4, -0.2) is 69.6 Å². The van der Waals surface area contributed by atoms with Gasteiger partial charge in [0.2, 0.25) is 6.79 Å². The van der Waals surface area contributed by atoms with Crippen molar-refractivity contribution in [3.8, 4) is 11.5 Å². The van der Waals surface area contributed by atoms with Gasteiger partial charge in [-0.05, 0) is 43.5 Å². The largest absolute Gasteiger partial charge is 0.454 e. The van der Waals surface area contributed by atoms with Crippen molar-refractivity contribution in [1.82, 2.24) is 15.5 Å². The summed E-state index contributed by atoms with van der Waals surface area (Å²) in [5.74, 6) is 2.48. The number of fused-ring (bicyclic) bond motifs is 2. The molecule has 0 saturated carbocycles. The maximum Gasteiger partial charge on any atom is 0.231 e. The predicted octanol–water partition coefficient (Wildman–Crippen LogP) is 1.60. The van der Waals surface area contributed by atoms with Crippen molar-refractivity contribution in [2.24, 2.45) is 4.99 Å². The molecule has 2 N–H and O–H groups in total. The number of morpholine rings is 1. The Morgan fingerprint density at radius 2 is 2.15 bits per heavy atom. The lowest BCUT2D eigenvalue weighted by Crippen LogP contribution is -2.51. The summed E-state index contributed by atoms with van der Waals surface area (Å²) in [6.07, 6.45) is 3.71. The summed E-state index contributed by atoms with van der Waals surface area (Å²) in [5.41, 5.74) is 1.22. The van der Waals surface area contributed by atoms with Crippen molar-refractivity contribution >= 4 is 29.9 Å². The van der Waals surface area contributed by atoms with Gasteiger partial charge in [0.1, 0.15) is 0 Å². The van der Waals surface area contributed by atoms with Gasteiger partial charge in [0.25, 0.3) is 0 Å². The lowest BCUT2D eigenvalue weighted by molar-refractivity contribution is -0.0453. The third-order valence-corrected chi connectivity index (χ3v) is 5.33. The normalized spacial score (nSPS) is 24.3. The van der Waals surface area contributed by atoms with Gasteiger partial charge in [-0.15, -0.1) is 24.0 Å². The number of guanidine groups is 1. The number of nitrogens with zero attached hydrogens (tertiary/aromatic N) is 2. The highest BCUT2D eigenvalue weighted by Crippen LogP contribution is 2.32. The quantitative estimate of drug-likeness (QED) is 0.373. The van der Waals surface area contributed by atoms with E-state index in [9.17, 15) is 0 Å². The molecule has 1 aromatic rings. The van der Waals surface area contributed by atoms with Crippen LogP contribution < -0.4 is 20.1 Å². The van der Waals surface area contributed by atoms with Crippen LogP contribution in [0.2, 0.25) is 0 Å². The Morgan fingerprint density at radius 3 is 3.04 bits per heavy atom. The number of aliphatic imine (C=N–C) groups is 1. The minimum atomic E-state index is 0. The SMILES string of the molecule is CN=C(NCCc1ccc2c(c1)OCO2)NCC1CN2CCCC2CO1.I. The zero-order chi connectivity index (χ0) is 17.8. The van der Waals surface area contributed by atoms with Crippen molar-refractivity contribution in [1.29, 1.82) is 0 Å². The predicted molar refractivity (Wildman–Crippen MR) is 115 cm³/mol. The van der Waals surface area contributed by atoms with Crippen LogP contribution in [0, 0.1) is 0 Å². The number of rotatable bonds is 5. The minimum absolute atomic E-state index is 0. The average molecular weight is 488 g/mol. The Balaban J connectivity index is 0.00000210. The van der Waals surface area contributed by atoms with Gasteiger partial charge < -0.3 is 24.8 Å². The fraction of sp³-hybridized carbons (Fsp3) is 0.632. The summed E-state index contributed by atoms with van der Waals surface area (Å²) in [6.45, 7) is 5.00. The molecule has 0 aliphatic carbocycles. The molecule has 0 amide bonds.